The Bertz CT molecular complexity index is 462. The molecule has 0 spiro atoms. The molecule has 0 heterocycles. The van der Waals surface area contributed by atoms with E-state index in [0.717, 1.165) is 0 Å². The molecule has 0 bridgehead atoms. The van der Waals surface area contributed by atoms with Gasteiger partial charge in [0.05, 0.1) is 12.7 Å². The lowest BCUT2D eigenvalue weighted by atomic mass is 10.0. The number of carboxylic acids is 1. The summed E-state index contributed by atoms with van der Waals surface area (Å²) >= 11 is 0. The van der Waals surface area contributed by atoms with Gasteiger partial charge >= 0.3 is 11.9 Å². The quantitative estimate of drug-likeness (QED) is 0.644. The van der Waals surface area contributed by atoms with Crippen LogP contribution in [0.2, 0.25) is 0 Å². The maximum Gasteiger partial charge on any atom is 0.338 e. The highest BCUT2D eigenvalue weighted by atomic mass is 19.1. The molecule has 0 saturated heterocycles. The predicted octanol–water partition coefficient (Wildman–Crippen LogP) is 2.25. The number of aliphatic carboxylic acids is 1. The standard InChI is InChI=1S/C13H13FO4/c1-18-13(17)11(3-2-4-12(15)16)9-5-7-10(14)8-6-9/h3,5-8H,2,4H2,1H3,(H,15,16). The zero-order valence-electron chi connectivity index (χ0n) is 9.85. The van der Waals surface area contributed by atoms with E-state index in [9.17, 15) is 14.0 Å². The minimum absolute atomic E-state index is 0.0817. The van der Waals surface area contributed by atoms with Crippen LogP contribution >= 0.6 is 0 Å². The number of allylic oxidation sites excluding steroid dienone is 1. The Morgan fingerprint density at radius 2 is 1.94 bits per heavy atom. The third-order valence-electron chi connectivity index (χ3n) is 2.27. The maximum atomic E-state index is 12.8. The van der Waals surface area contributed by atoms with Crippen molar-refractivity contribution in [3.63, 3.8) is 0 Å². The molecule has 1 aromatic rings. The van der Waals surface area contributed by atoms with Gasteiger partial charge in [-0.1, -0.05) is 18.2 Å². The Labute approximate surface area is 104 Å². The number of halogens is 1. The second-order valence-corrected chi connectivity index (χ2v) is 3.55. The molecule has 0 aliphatic carbocycles. The van der Waals surface area contributed by atoms with E-state index in [-0.39, 0.29) is 18.4 Å². The Morgan fingerprint density at radius 1 is 1.33 bits per heavy atom. The molecule has 0 saturated carbocycles. The Kier molecular flexibility index (Phi) is 5.05. The van der Waals surface area contributed by atoms with E-state index in [4.69, 9.17) is 5.11 Å². The van der Waals surface area contributed by atoms with Crippen molar-refractivity contribution in [3.8, 4) is 0 Å². The second kappa shape index (κ2) is 6.54. The van der Waals surface area contributed by atoms with Crippen LogP contribution in [-0.2, 0) is 14.3 Å². The van der Waals surface area contributed by atoms with Crippen LogP contribution in [0.4, 0.5) is 4.39 Å². The van der Waals surface area contributed by atoms with Crippen LogP contribution in [0.1, 0.15) is 18.4 Å². The van der Waals surface area contributed by atoms with Crippen LogP contribution in [0.15, 0.2) is 30.3 Å². The average molecular weight is 252 g/mol. The highest BCUT2D eigenvalue weighted by Crippen LogP contribution is 2.17. The van der Waals surface area contributed by atoms with E-state index in [1.54, 1.807) is 0 Å². The molecule has 0 fully saturated rings. The van der Waals surface area contributed by atoms with Crippen LogP contribution in [0, 0.1) is 5.82 Å². The lowest BCUT2D eigenvalue weighted by molar-refractivity contribution is -0.137. The van der Waals surface area contributed by atoms with E-state index < -0.39 is 17.8 Å². The number of carboxylic acid groups (broad SMARTS) is 1. The predicted molar refractivity (Wildman–Crippen MR) is 63.3 cm³/mol. The molecule has 18 heavy (non-hydrogen) atoms. The molecule has 5 heteroatoms. The summed E-state index contributed by atoms with van der Waals surface area (Å²) in [5.41, 5.74) is 0.729. The molecule has 4 nitrogen and oxygen atoms in total. The second-order valence-electron chi connectivity index (χ2n) is 3.55. The molecule has 0 atom stereocenters. The number of methoxy groups -OCH3 is 1. The Balaban J connectivity index is 2.94. The molecule has 0 radical (unpaired) electrons. The summed E-state index contributed by atoms with van der Waals surface area (Å²) in [6.45, 7) is 0. The highest BCUT2D eigenvalue weighted by molar-refractivity contribution is 6.16. The van der Waals surface area contributed by atoms with E-state index >= 15 is 0 Å². The van der Waals surface area contributed by atoms with Crippen molar-refractivity contribution in [3.05, 3.63) is 41.7 Å². The molecule has 1 rings (SSSR count). The summed E-state index contributed by atoms with van der Waals surface area (Å²) in [5, 5.41) is 8.53. The van der Waals surface area contributed by atoms with Gasteiger partial charge < -0.3 is 9.84 Å². The van der Waals surface area contributed by atoms with Gasteiger partial charge in [0.15, 0.2) is 0 Å². The summed E-state index contributed by atoms with van der Waals surface area (Å²) in [6.07, 6.45) is 1.60. The number of carbonyl (C=O) groups excluding carboxylic acids is 1. The maximum absolute atomic E-state index is 12.8. The van der Waals surface area contributed by atoms with Gasteiger partial charge in [-0.3, -0.25) is 4.79 Å². The zero-order valence-corrected chi connectivity index (χ0v) is 9.85. The third kappa shape index (κ3) is 4.01. The van der Waals surface area contributed by atoms with E-state index in [0.29, 0.717) is 5.56 Å². The van der Waals surface area contributed by atoms with Crippen molar-refractivity contribution in [2.75, 3.05) is 7.11 Å². The van der Waals surface area contributed by atoms with Crippen molar-refractivity contribution in [1.29, 1.82) is 0 Å². The van der Waals surface area contributed by atoms with Crippen LogP contribution in [0.5, 0.6) is 0 Å². The molecule has 0 amide bonds. The molecule has 1 N–H and O–H groups in total. The Morgan fingerprint density at radius 3 is 2.44 bits per heavy atom. The summed E-state index contributed by atoms with van der Waals surface area (Å²) in [4.78, 5) is 21.9. The summed E-state index contributed by atoms with van der Waals surface area (Å²) in [7, 11) is 1.23. The first kappa shape index (κ1) is 13.9. The number of hydrogen-bond donors (Lipinski definition) is 1. The van der Waals surface area contributed by atoms with Gasteiger partial charge in [-0.25, -0.2) is 9.18 Å². The highest BCUT2D eigenvalue weighted by Gasteiger charge is 2.12. The largest absolute Gasteiger partial charge is 0.481 e. The van der Waals surface area contributed by atoms with E-state index in [2.05, 4.69) is 4.74 Å². The molecule has 0 aliphatic rings. The number of benzene rings is 1. The number of esters is 1. The fourth-order valence-corrected chi connectivity index (χ4v) is 1.40. The van der Waals surface area contributed by atoms with Crippen molar-refractivity contribution in [2.45, 2.75) is 12.8 Å². The summed E-state index contributed by atoms with van der Waals surface area (Å²) in [6, 6.07) is 5.34. The molecular formula is C13H13FO4. The molecule has 1 aromatic carbocycles. The Hall–Kier alpha value is -2.17. The average Bonchev–Trinajstić information content (AvgIpc) is 2.35. The molecule has 96 valence electrons. The summed E-state index contributed by atoms with van der Waals surface area (Å²) < 4.78 is 17.4. The van der Waals surface area contributed by atoms with Gasteiger partial charge in [-0.15, -0.1) is 0 Å². The van der Waals surface area contributed by atoms with Crippen molar-refractivity contribution in [2.24, 2.45) is 0 Å². The minimum atomic E-state index is -0.949. The monoisotopic (exact) mass is 252 g/mol. The fourth-order valence-electron chi connectivity index (χ4n) is 1.40. The smallest absolute Gasteiger partial charge is 0.338 e. The molecular weight excluding hydrogens is 239 g/mol. The number of rotatable bonds is 5. The van der Waals surface area contributed by atoms with Gasteiger partial charge in [0, 0.05) is 6.42 Å². The van der Waals surface area contributed by atoms with Crippen LogP contribution in [-0.4, -0.2) is 24.2 Å². The van der Waals surface area contributed by atoms with E-state index in [1.165, 1.54) is 37.5 Å². The fraction of sp³-hybridized carbons (Fsp3) is 0.231. The zero-order chi connectivity index (χ0) is 13.5. The number of carbonyl (C=O) groups is 2. The molecule has 0 aliphatic heterocycles. The van der Waals surface area contributed by atoms with Crippen molar-refractivity contribution >= 4 is 17.5 Å². The van der Waals surface area contributed by atoms with Crippen molar-refractivity contribution < 1.29 is 23.8 Å². The SMILES string of the molecule is COC(=O)C(=CCCC(=O)O)c1ccc(F)cc1. The third-order valence-corrected chi connectivity index (χ3v) is 2.27. The molecule has 0 aromatic heterocycles. The van der Waals surface area contributed by atoms with Gasteiger partial charge in [0.2, 0.25) is 0 Å². The van der Waals surface area contributed by atoms with Gasteiger partial charge in [0.25, 0.3) is 0 Å². The first-order valence-corrected chi connectivity index (χ1v) is 5.31. The topological polar surface area (TPSA) is 63.6 Å². The summed E-state index contributed by atoms with van der Waals surface area (Å²) in [5.74, 6) is -1.94. The number of ether oxygens (including phenoxy) is 1. The number of hydrogen-bond acceptors (Lipinski definition) is 3. The normalized spacial score (nSPS) is 11.1. The van der Waals surface area contributed by atoms with Crippen LogP contribution < -0.4 is 0 Å². The molecule has 0 unspecified atom stereocenters. The van der Waals surface area contributed by atoms with Gasteiger partial charge in [-0.05, 0) is 24.1 Å². The minimum Gasteiger partial charge on any atom is -0.481 e. The first-order valence-electron chi connectivity index (χ1n) is 5.31. The van der Waals surface area contributed by atoms with E-state index in [1.807, 2.05) is 0 Å². The first-order chi connectivity index (χ1) is 8.54. The lowest BCUT2D eigenvalue weighted by Gasteiger charge is -2.05. The van der Waals surface area contributed by atoms with Crippen LogP contribution in [0.25, 0.3) is 5.57 Å². The van der Waals surface area contributed by atoms with Gasteiger partial charge in [0.1, 0.15) is 5.82 Å². The van der Waals surface area contributed by atoms with Crippen molar-refractivity contribution in [1.82, 2.24) is 0 Å². The lowest BCUT2D eigenvalue weighted by Crippen LogP contribution is -2.04. The van der Waals surface area contributed by atoms with Gasteiger partial charge in [-0.2, -0.15) is 0 Å². The van der Waals surface area contributed by atoms with Crippen LogP contribution in [0.3, 0.4) is 0 Å².